The average Bonchev–Trinajstić information content (AvgIpc) is 3.90. The summed E-state index contributed by atoms with van der Waals surface area (Å²) in [7, 11) is 2.25. The number of aryl methyl sites for hydroxylation is 2. The number of aliphatic hydroxyl groups excluding tert-OH is 1. The van der Waals surface area contributed by atoms with Crippen molar-refractivity contribution in [2.75, 3.05) is 23.9 Å². The third-order valence-electron chi connectivity index (χ3n) is 11.4. The number of pyridine rings is 2. The minimum Gasteiger partial charge on any atom is -0.396 e. The molecule has 2 saturated carbocycles. The molecule has 3 N–H and O–H groups in total. The van der Waals surface area contributed by atoms with Gasteiger partial charge in [-0.3, -0.25) is 19.0 Å². The second kappa shape index (κ2) is 21.0. The van der Waals surface area contributed by atoms with Crippen LogP contribution in [-0.4, -0.2) is 66.0 Å². The van der Waals surface area contributed by atoms with E-state index < -0.39 is 24.7 Å². The fraction of sp³-hybridized carbons (Fsp3) is 0.400. The number of aromatic nitrogens is 6. The molecule has 4 aromatic heterocycles. The van der Waals surface area contributed by atoms with Crippen LogP contribution in [0.3, 0.4) is 0 Å². The summed E-state index contributed by atoms with van der Waals surface area (Å²) in [5.74, 6) is -0.656. The summed E-state index contributed by atoms with van der Waals surface area (Å²) in [5.41, 5.74) is 2.17. The molecule has 17 heteroatoms. The molecule has 1 atom stereocenters. The topological polar surface area (TPSA) is 157 Å². The molecule has 2 aromatic carbocycles. The number of amides is 2. The van der Waals surface area contributed by atoms with Crippen molar-refractivity contribution in [2.24, 2.45) is 11.8 Å². The molecule has 0 saturated heterocycles. The highest BCUT2D eigenvalue weighted by molar-refractivity contribution is 7.15. The van der Waals surface area contributed by atoms with Gasteiger partial charge in [-0.1, -0.05) is 18.8 Å². The number of nitrogens with one attached hydrogen (secondary N) is 2. The predicted octanol–water partition coefficient (Wildman–Crippen LogP) is 10.0. The van der Waals surface area contributed by atoms with Gasteiger partial charge in [0.25, 0.3) is 24.7 Å². The van der Waals surface area contributed by atoms with Gasteiger partial charge in [0, 0.05) is 59.6 Å². The van der Waals surface area contributed by atoms with E-state index in [1.54, 1.807) is 54.9 Å². The first kappa shape index (κ1) is 44.5. The Balaban J connectivity index is 0.000000198. The first-order valence-corrected chi connectivity index (χ1v) is 21.3. The second-order valence-electron chi connectivity index (χ2n) is 15.6. The average molecular weight is 876 g/mol. The first-order valence-electron chi connectivity index (χ1n) is 21.2. The Hall–Kier alpha value is -5.60. The maximum absolute atomic E-state index is 13.7. The number of nitrogens with zero attached hydrogens (tertiary/aromatic N) is 6. The molecular weight excluding hydrogens is 824 g/mol. The minimum atomic E-state index is -2.76. The van der Waals surface area contributed by atoms with E-state index in [0.29, 0.717) is 45.8 Å². The molecule has 2 aliphatic rings. The Morgan fingerprint density at radius 2 is 1.18 bits per heavy atom. The number of carbonyl (C=O) groups excluding carboxylic acids is 3. The van der Waals surface area contributed by atoms with Crippen molar-refractivity contribution < 1.29 is 38.4 Å². The summed E-state index contributed by atoms with van der Waals surface area (Å²) >= 11 is 0. The van der Waals surface area contributed by atoms with Crippen LogP contribution >= 0.6 is 9.24 Å². The fourth-order valence-electron chi connectivity index (χ4n) is 7.97. The van der Waals surface area contributed by atoms with Gasteiger partial charge in [-0.2, -0.15) is 10.2 Å². The van der Waals surface area contributed by atoms with Crippen LogP contribution in [0, 0.1) is 25.7 Å². The van der Waals surface area contributed by atoms with E-state index in [-0.39, 0.29) is 58.5 Å². The van der Waals surface area contributed by atoms with Crippen molar-refractivity contribution in [1.82, 2.24) is 29.5 Å². The number of carbonyl (C=O) groups is 3. The van der Waals surface area contributed by atoms with E-state index in [4.69, 9.17) is 1.37 Å². The molecule has 328 valence electrons. The highest BCUT2D eigenvalue weighted by atomic mass is 31.0. The molecule has 1 unspecified atom stereocenters. The number of hydrogen-bond donors (Lipinski definition) is 3. The molecule has 0 spiro atoms. The molecule has 0 aliphatic heterocycles. The predicted molar refractivity (Wildman–Crippen MR) is 234 cm³/mol. The number of benzene rings is 2. The maximum Gasteiger partial charge on any atom is 0.274 e. The van der Waals surface area contributed by atoms with Crippen LogP contribution in [0.25, 0.3) is 21.8 Å². The number of hydrogen-bond acceptors (Lipinski definition) is 8. The number of aldehydes is 1. The van der Waals surface area contributed by atoms with Crippen molar-refractivity contribution in [3.8, 4) is 0 Å². The van der Waals surface area contributed by atoms with E-state index in [1.165, 1.54) is 24.3 Å². The second-order valence-corrected chi connectivity index (χ2v) is 15.6. The molecule has 2 aliphatic carbocycles. The zero-order valence-electron chi connectivity index (χ0n) is 35.5. The van der Waals surface area contributed by atoms with Gasteiger partial charge >= 0.3 is 0 Å². The number of fused-ring (bicyclic) bond motifs is 2. The van der Waals surface area contributed by atoms with Crippen LogP contribution < -0.4 is 10.6 Å². The van der Waals surface area contributed by atoms with Crippen molar-refractivity contribution in [1.29, 1.82) is 0 Å². The lowest BCUT2D eigenvalue weighted by atomic mass is 9.87. The van der Waals surface area contributed by atoms with Crippen LogP contribution in [0.1, 0.15) is 121 Å². The third kappa shape index (κ3) is 11.1. The van der Waals surface area contributed by atoms with Gasteiger partial charge < -0.3 is 20.5 Å². The van der Waals surface area contributed by atoms with Gasteiger partial charge in [0.15, 0.2) is 0 Å². The normalized spacial score (nSPS) is 19.0. The van der Waals surface area contributed by atoms with Crippen molar-refractivity contribution in [3.63, 3.8) is 0 Å². The molecule has 12 nitrogen and oxygen atoms in total. The highest BCUT2D eigenvalue weighted by Crippen LogP contribution is 2.37. The summed E-state index contributed by atoms with van der Waals surface area (Å²) in [6, 6.07) is 16.1. The molecule has 62 heavy (non-hydrogen) atoms. The molecule has 0 radical (unpaired) electrons. The number of halogens is 4. The Labute approximate surface area is 360 Å². The Kier molecular flexibility index (Phi) is 15.0. The van der Waals surface area contributed by atoms with Gasteiger partial charge in [0.2, 0.25) is 0 Å². The van der Waals surface area contributed by atoms with Crippen molar-refractivity contribution in [2.45, 2.75) is 90.1 Å². The number of anilines is 2. The summed E-state index contributed by atoms with van der Waals surface area (Å²) in [5, 5.41) is 24.8. The van der Waals surface area contributed by atoms with Gasteiger partial charge in [0.1, 0.15) is 17.7 Å². The molecule has 4 heterocycles. The lowest BCUT2D eigenvalue weighted by molar-refractivity contribution is -0.112. The maximum atomic E-state index is 13.7. The quantitative estimate of drug-likeness (QED) is 0.0698. The SMILES string of the molecule is Cc1cccc(C(=O)Nc2cc3cn(C4CCC(C=O)CC4)nc3cc2C(F)F)n1.Cc1cccc(C(=O)Nc2cc3cn(C4CCC(CO)CC4)nc3cc2C(F)F)n1.[2H]CP. The van der Waals surface area contributed by atoms with Crippen LogP contribution in [0.2, 0.25) is 0 Å². The van der Waals surface area contributed by atoms with E-state index in [2.05, 4.69) is 40.0 Å². The number of alkyl halides is 4. The Bertz CT molecular complexity index is 2520. The Morgan fingerprint density at radius 1 is 0.758 bits per heavy atom. The zero-order valence-corrected chi connectivity index (χ0v) is 35.6. The van der Waals surface area contributed by atoms with E-state index in [9.17, 15) is 37.1 Å². The summed E-state index contributed by atoms with van der Waals surface area (Å²) in [6.45, 7) is 4.13. The smallest absolute Gasteiger partial charge is 0.274 e. The van der Waals surface area contributed by atoms with Gasteiger partial charge in [-0.15, -0.1) is 9.24 Å². The molecular formula is C45H51F4N8O4P. The Morgan fingerprint density at radius 3 is 1.55 bits per heavy atom. The molecule has 2 amide bonds. The van der Waals surface area contributed by atoms with Crippen LogP contribution in [0.4, 0.5) is 28.9 Å². The van der Waals surface area contributed by atoms with Gasteiger partial charge in [-0.25, -0.2) is 27.5 Å². The first-order chi connectivity index (χ1) is 30.3. The zero-order chi connectivity index (χ0) is 45.2. The molecule has 0 bridgehead atoms. The molecule has 2 fully saturated rings. The number of aliphatic hydroxyl groups is 1. The monoisotopic (exact) mass is 875 g/mol. The standard InChI is InChI=1S/C22H24F2N4O2.C22H22F2N4O2.CH5P/c2*1-13-3-2-4-18(25-13)22(30)26-20-9-15-11-28(16-7-5-14(12-29)6-8-16)27-19(15)10-17(20)21(23)24;1-2/h2-4,9-11,14,16,21,29H,5-8,12H2,1H3,(H,26,30);2-4,9-12,14,16,21H,5-8H2,1H3,(H,26,30);2H2,1H3/i;;1D. The minimum absolute atomic E-state index is 0.0509. The largest absolute Gasteiger partial charge is 0.396 e. The van der Waals surface area contributed by atoms with Gasteiger partial charge in [0.05, 0.1) is 34.5 Å². The lowest BCUT2D eigenvalue weighted by Crippen LogP contribution is -2.20. The van der Waals surface area contributed by atoms with E-state index in [0.717, 1.165) is 57.7 Å². The highest BCUT2D eigenvalue weighted by Gasteiger charge is 2.26. The van der Waals surface area contributed by atoms with Crippen molar-refractivity contribution in [3.05, 3.63) is 107 Å². The van der Waals surface area contributed by atoms with E-state index in [1.807, 2.05) is 17.1 Å². The summed E-state index contributed by atoms with van der Waals surface area (Å²) in [4.78, 5) is 44.3. The van der Waals surface area contributed by atoms with Gasteiger partial charge in [-0.05, 0) is 120 Å². The molecule has 6 aromatic rings. The van der Waals surface area contributed by atoms with Crippen LogP contribution in [-0.2, 0) is 4.79 Å². The fourth-order valence-corrected chi connectivity index (χ4v) is 7.97. The molecule has 8 rings (SSSR count). The lowest BCUT2D eigenvalue weighted by Gasteiger charge is -2.27. The van der Waals surface area contributed by atoms with E-state index >= 15 is 0 Å². The summed E-state index contributed by atoms with van der Waals surface area (Å²) < 4.78 is 64.6. The van der Waals surface area contributed by atoms with Crippen LogP contribution in [0.5, 0.6) is 0 Å². The summed E-state index contributed by atoms with van der Waals surface area (Å²) in [6.07, 6.45) is 6.03. The number of rotatable bonds is 10. The van der Waals surface area contributed by atoms with Crippen molar-refractivity contribution >= 4 is 60.5 Å². The van der Waals surface area contributed by atoms with Crippen LogP contribution in [0.15, 0.2) is 73.1 Å². The third-order valence-corrected chi connectivity index (χ3v) is 11.4.